The molecule has 0 radical (unpaired) electrons. The summed E-state index contributed by atoms with van der Waals surface area (Å²) in [7, 11) is 0. The van der Waals surface area contributed by atoms with Crippen molar-refractivity contribution in [2.24, 2.45) is 0 Å². The van der Waals surface area contributed by atoms with E-state index in [2.05, 4.69) is 9.97 Å². The van der Waals surface area contributed by atoms with E-state index >= 15 is 0 Å². The summed E-state index contributed by atoms with van der Waals surface area (Å²) in [5.41, 5.74) is 4.75. The van der Waals surface area contributed by atoms with Crippen molar-refractivity contribution in [3.63, 3.8) is 0 Å². The van der Waals surface area contributed by atoms with E-state index in [1.807, 2.05) is 60.7 Å². The Labute approximate surface area is 131 Å². The van der Waals surface area contributed by atoms with Crippen molar-refractivity contribution in [2.75, 3.05) is 0 Å². The molecule has 0 fully saturated rings. The lowest BCUT2D eigenvalue weighted by Crippen LogP contribution is -1.90. The number of hydrogen-bond acceptors (Lipinski definition) is 4. The third-order valence-electron chi connectivity index (χ3n) is 4.00. The Kier molecular flexibility index (Phi) is 2.46. The fourth-order valence-corrected chi connectivity index (χ4v) is 2.90. The SMILES string of the molecule is c1ccc2nc(-c3ncnc4c3oc3ccccc34)ccc2c1. The Balaban J connectivity index is 1.84. The van der Waals surface area contributed by atoms with Gasteiger partial charge >= 0.3 is 0 Å². The number of furan rings is 1. The molecule has 5 rings (SSSR count). The van der Waals surface area contributed by atoms with E-state index in [1.54, 1.807) is 6.33 Å². The quantitative estimate of drug-likeness (QED) is 0.454. The molecule has 0 aliphatic carbocycles. The van der Waals surface area contributed by atoms with Gasteiger partial charge in [-0.15, -0.1) is 0 Å². The van der Waals surface area contributed by atoms with Crippen LogP contribution < -0.4 is 0 Å². The Morgan fingerprint density at radius 2 is 1.65 bits per heavy atom. The Morgan fingerprint density at radius 1 is 0.783 bits per heavy atom. The van der Waals surface area contributed by atoms with Crippen LogP contribution in [0.25, 0.3) is 44.4 Å². The molecule has 0 unspecified atom stereocenters. The fraction of sp³-hybridized carbons (Fsp3) is 0. The molecule has 23 heavy (non-hydrogen) atoms. The molecule has 5 aromatic rings. The topological polar surface area (TPSA) is 51.8 Å². The summed E-state index contributed by atoms with van der Waals surface area (Å²) >= 11 is 0. The van der Waals surface area contributed by atoms with Crippen LogP contribution in [0.4, 0.5) is 0 Å². The highest BCUT2D eigenvalue weighted by Crippen LogP contribution is 2.32. The Morgan fingerprint density at radius 3 is 2.65 bits per heavy atom. The highest BCUT2D eigenvalue weighted by Gasteiger charge is 2.15. The molecule has 0 saturated heterocycles. The first-order valence-electron chi connectivity index (χ1n) is 7.38. The minimum Gasteiger partial charge on any atom is -0.452 e. The monoisotopic (exact) mass is 297 g/mol. The molecule has 4 heteroatoms. The molecular weight excluding hydrogens is 286 g/mol. The number of fused-ring (bicyclic) bond motifs is 4. The lowest BCUT2D eigenvalue weighted by atomic mass is 10.1. The van der Waals surface area contributed by atoms with Crippen LogP contribution in [0.15, 0.2) is 71.4 Å². The zero-order valence-corrected chi connectivity index (χ0v) is 12.1. The summed E-state index contributed by atoms with van der Waals surface area (Å²) in [4.78, 5) is 13.5. The van der Waals surface area contributed by atoms with Gasteiger partial charge in [0.1, 0.15) is 23.1 Å². The van der Waals surface area contributed by atoms with Crippen LogP contribution in [0.2, 0.25) is 0 Å². The fourth-order valence-electron chi connectivity index (χ4n) is 2.90. The molecule has 0 aliphatic rings. The van der Waals surface area contributed by atoms with E-state index < -0.39 is 0 Å². The summed E-state index contributed by atoms with van der Waals surface area (Å²) in [5.74, 6) is 0. The number of nitrogens with zero attached hydrogens (tertiary/aromatic N) is 3. The summed E-state index contributed by atoms with van der Waals surface area (Å²) < 4.78 is 5.99. The Bertz CT molecular complexity index is 1180. The second-order valence-corrected chi connectivity index (χ2v) is 5.39. The maximum Gasteiger partial charge on any atom is 0.181 e. The van der Waals surface area contributed by atoms with Gasteiger partial charge in [0.2, 0.25) is 0 Å². The number of pyridine rings is 1. The minimum absolute atomic E-state index is 0.677. The van der Waals surface area contributed by atoms with E-state index in [-0.39, 0.29) is 0 Å². The minimum atomic E-state index is 0.677. The van der Waals surface area contributed by atoms with Crippen molar-refractivity contribution in [3.8, 4) is 11.4 Å². The molecule has 3 heterocycles. The van der Waals surface area contributed by atoms with Gasteiger partial charge in [-0.25, -0.2) is 15.0 Å². The van der Waals surface area contributed by atoms with Crippen LogP contribution in [0.3, 0.4) is 0 Å². The summed E-state index contributed by atoms with van der Waals surface area (Å²) in [6.07, 6.45) is 1.57. The van der Waals surface area contributed by atoms with Crippen molar-refractivity contribution in [1.29, 1.82) is 0 Å². The average molecular weight is 297 g/mol. The van der Waals surface area contributed by atoms with E-state index in [9.17, 15) is 0 Å². The second kappa shape index (κ2) is 4.61. The molecule has 0 amide bonds. The van der Waals surface area contributed by atoms with Crippen molar-refractivity contribution >= 4 is 33.0 Å². The van der Waals surface area contributed by atoms with Gasteiger partial charge in [-0.3, -0.25) is 0 Å². The molecule has 4 nitrogen and oxygen atoms in total. The van der Waals surface area contributed by atoms with Crippen LogP contribution in [0.1, 0.15) is 0 Å². The molecule has 0 atom stereocenters. The first-order valence-corrected chi connectivity index (χ1v) is 7.38. The second-order valence-electron chi connectivity index (χ2n) is 5.39. The molecule has 0 saturated carbocycles. The summed E-state index contributed by atoms with van der Waals surface area (Å²) in [5, 5.41) is 2.10. The standard InChI is InChI=1S/C19H11N3O/c1-3-7-14-12(5-1)9-10-15(22-14)18-19-17(20-11-21-18)13-6-2-4-8-16(13)23-19/h1-11H. The molecular formula is C19H11N3O. The lowest BCUT2D eigenvalue weighted by Gasteiger charge is -2.02. The number of aromatic nitrogens is 3. The zero-order chi connectivity index (χ0) is 15.2. The van der Waals surface area contributed by atoms with Gasteiger partial charge in [-0.2, -0.15) is 0 Å². The maximum atomic E-state index is 5.99. The van der Waals surface area contributed by atoms with Crippen LogP contribution >= 0.6 is 0 Å². The third kappa shape index (κ3) is 1.82. The van der Waals surface area contributed by atoms with E-state index in [0.717, 1.165) is 38.8 Å². The molecule has 3 aromatic heterocycles. The largest absolute Gasteiger partial charge is 0.452 e. The molecule has 108 valence electrons. The van der Waals surface area contributed by atoms with Gasteiger partial charge in [0.15, 0.2) is 5.58 Å². The van der Waals surface area contributed by atoms with Crippen molar-refractivity contribution in [2.45, 2.75) is 0 Å². The molecule has 0 aliphatic heterocycles. The molecule has 0 N–H and O–H groups in total. The van der Waals surface area contributed by atoms with Crippen molar-refractivity contribution < 1.29 is 4.42 Å². The number of hydrogen-bond donors (Lipinski definition) is 0. The number of para-hydroxylation sites is 2. The van der Waals surface area contributed by atoms with Crippen molar-refractivity contribution in [1.82, 2.24) is 15.0 Å². The van der Waals surface area contributed by atoms with Crippen LogP contribution in [-0.2, 0) is 0 Å². The van der Waals surface area contributed by atoms with Crippen LogP contribution in [-0.4, -0.2) is 15.0 Å². The predicted octanol–water partition coefficient (Wildman–Crippen LogP) is 4.59. The third-order valence-corrected chi connectivity index (χ3v) is 4.00. The highest BCUT2D eigenvalue weighted by molar-refractivity contribution is 6.06. The van der Waals surface area contributed by atoms with Gasteiger partial charge in [0, 0.05) is 10.8 Å². The first-order chi connectivity index (χ1) is 11.4. The number of benzene rings is 2. The van der Waals surface area contributed by atoms with Gasteiger partial charge in [-0.05, 0) is 24.3 Å². The van der Waals surface area contributed by atoms with Crippen LogP contribution in [0, 0.1) is 0 Å². The smallest absolute Gasteiger partial charge is 0.181 e. The molecule has 0 bridgehead atoms. The lowest BCUT2D eigenvalue weighted by molar-refractivity contribution is 0.667. The van der Waals surface area contributed by atoms with Crippen LogP contribution in [0.5, 0.6) is 0 Å². The summed E-state index contributed by atoms with van der Waals surface area (Å²) in [6.45, 7) is 0. The maximum absolute atomic E-state index is 5.99. The van der Waals surface area contributed by atoms with E-state index in [4.69, 9.17) is 9.40 Å². The average Bonchev–Trinajstić information content (AvgIpc) is 3.00. The van der Waals surface area contributed by atoms with Gasteiger partial charge < -0.3 is 4.42 Å². The van der Waals surface area contributed by atoms with Gasteiger partial charge in [0.05, 0.1) is 11.2 Å². The first kappa shape index (κ1) is 12.3. The van der Waals surface area contributed by atoms with Crippen molar-refractivity contribution in [3.05, 3.63) is 67.0 Å². The van der Waals surface area contributed by atoms with Gasteiger partial charge in [0.25, 0.3) is 0 Å². The molecule has 0 spiro atoms. The van der Waals surface area contributed by atoms with Gasteiger partial charge in [-0.1, -0.05) is 36.4 Å². The predicted molar refractivity (Wildman–Crippen MR) is 90.0 cm³/mol. The zero-order valence-electron chi connectivity index (χ0n) is 12.1. The summed E-state index contributed by atoms with van der Waals surface area (Å²) in [6, 6.07) is 19.9. The molecule has 2 aromatic carbocycles. The normalized spacial score (nSPS) is 11.5. The van der Waals surface area contributed by atoms with E-state index in [0.29, 0.717) is 5.58 Å². The highest BCUT2D eigenvalue weighted by atomic mass is 16.3. The van der Waals surface area contributed by atoms with E-state index in [1.165, 1.54) is 0 Å². The number of rotatable bonds is 1. The Hall–Kier alpha value is -3.27.